The van der Waals surface area contributed by atoms with Crippen molar-refractivity contribution in [2.24, 2.45) is 10.2 Å². The van der Waals surface area contributed by atoms with Crippen LogP contribution in [-0.4, -0.2) is 21.0 Å². The topological polar surface area (TPSA) is 120 Å². The number of phenols is 1. The Balaban J connectivity index is 1.85. The van der Waals surface area contributed by atoms with E-state index in [4.69, 9.17) is 0 Å². The smallest absolute Gasteiger partial charge is 0.266 e. The van der Waals surface area contributed by atoms with Crippen LogP contribution in [0.25, 0.3) is 12.3 Å². The van der Waals surface area contributed by atoms with Crippen LogP contribution in [0.1, 0.15) is 11.8 Å². The Bertz CT molecular complexity index is 1140. The molecule has 26 heavy (non-hydrogen) atoms. The molecule has 8 nitrogen and oxygen atoms in total. The van der Waals surface area contributed by atoms with E-state index < -0.39 is 0 Å². The lowest BCUT2D eigenvalue weighted by atomic mass is 10.3. The van der Waals surface area contributed by atoms with Crippen molar-refractivity contribution in [3.8, 4) is 5.75 Å². The summed E-state index contributed by atoms with van der Waals surface area (Å²) in [6, 6.07) is 6.56. The van der Waals surface area contributed by atoms with Gasteiger partial charge in [0.2, 0.25) is 5.91 Å². The lowest BCUT2D eigenvalue weighted by Gasteiger charge is -1.93. The number of carbonyl (C=O) groups is 1. The summed E-state index contributed by atoms with van der Waals surface area (Å²) in [6.45, 7) is 1.40. The van der Waals surface area contributed by atoms with E-state index in [0.717, 1.165) is 4.88 Å². The number of H-pyrrole nitrogens is 1. The van der Waals surface area contributed by atoms with Crippen LogP contribution in [0.5, 0.6) is 5.75 Å². The molecule has 2 heterocycles. The van der Waals surface area contributed by atoms with Crippen molar-refractivity contribution >= 4 is 51.7 Å². The number of aromatic amines is 1. The molecule has 132 valence electrons. The molecule has 0 spiro atoms. The third-order valence-corrected chi connectivity index (χ3v) is 4.79. The minimum absolute atomic E-state index is 0.0264. The number of benzene rings is 1. The molecular weight excluding hydrogens is 374 g/mol. The average Bonchev–Trinajstić information content (AvgIpc) is 3.16. The second kappa shape index (κ2) is 7.85. The number of carbonyl (C=O) groups excluding carboxylic acids is 1. The lowest BCUT2D eigenvalue weighted by molar-refractivity contribution is -0.114. The Labute approximate surface area is 154 Å². The number of hydrogen-bond donors (Lipinski definition) is 3. The predicted octanol–water partition coefficient (Wildman–Crippen LogP) is 1.91. The molecule has 0 aliphatic carbocycles. The number of amides is 1. The molecule has 1 amide bonds. The van der Waals surface area contributed by atoms with Crippen LogP contribution < -0.4 is 20.1 Å². The van der Waals surface area contributed by atoms with E-state index in [1.807, 2.05) is 0 Å². The van der Waals surface area contributed by atoms with Gasteiger partial charge in [-0.1, -0.05) is 23.5 Å². The SMILES string of the molecule is CC(=O)Nc1ncc(C=c2sc(=CN=Nc3ccccc3O)[nH]c2=O)s1. The maximum atomic E-state index is 12.0. The second-order valence-electron chi connectivity index (χ2n) is 5.01. The number of para-hydroxylation sites is 1. The van der Waals surface area contributed by atoms with Gasteiger partial charge in [0.1, 0.15) is 16.1 Å². The molecule has 0 fully saturated rings. The van der Waals surface area contributed by atoms with Crippen LogP contribution in [0.2, 0.25) is 0 Å². The number of nitrogens with one attached hydrogen (secondary N) is 2. The number of aromatic nitrogens is 2. The summed E-state index contributed by atoms with van der Waals surface area (Å²) in [5.41, 5.74) is 0.0816. The average molecular weight is 387 g/mol. The van der Waals surface area contributed by atoms with Gasteiger partial charge >= 0.3 is 0 Å². The van der Waals surface area contributed by atoms with Crippen LogP contribution in [0, 0.1) is 0 Å². The zero-order valence-electron chi connectivity index (χ0n) is 13.5. The summed E-state index contributed by atoms with van der Waals surface area (Å²) in [5.74, 6) is -0.176. The number of anilines is 1. The molecule has 0 unspecified atom stereocenters. The molecule has 0 saturated heterocycles. The zero-order chi connectivity index (χ0) is 18.5. The van der Waals surface area contributed by atoms with E-state index in [1.165, 1.54) is 41.9 Å². The van der Waals surface area contributed by atoms with Gasteiger partial charge < -0.3 is 15.4 Å². The van der Waals surface area contributed by atoms with Crippen LogP contribution in [0.3, 0.4) is 0 Å². The summed E-state index contributed by atoms with van der Waals surface area (Å²) in [5, 5.41) is 20.5. The number of thiazole rings is 2. The number of azo groups is 1. The monoisotopic (exact) mass is 387 g/mol. The molecule has 3 rings (SSSR count). The molecule has 0 atom stereocenters. The van der Waals surface area contributed by atoms with E-state index in [-0.39, 0.29) is 17.2 Å². The van der Waals surface area contributed by atoms with Gasteiger partial charge in [0, 0.05) is 13.1 Å². The quantitative estimate of drug-likeness (QED) is 0.592. The Hall–Kier alpha value is -3.11. The van der Waals surface area contributed by atoms with Crippen molar-refractivity contribution in [2.75, 3.05) is 5.32 Å². The molecule has 0 radical (unpaired) electrons. The minimum Gasteiger partial charge on any atom is -0.506 e. The van der Waals surface area contributed by atoms with Gasteiger partial charge in [-0.2, -0.15) is 5.11 Å². The normalized spacial score (nSPS) is 12.8. The minimum atomic E-state index is -0.256. The Morgan fingerprint density at radius 2 is 2.15 bits per heavy atom. The van der Waals surface area contributed by atoms with Crippen molar-refractivity contribution in [1.82, 2.24) is 9.97 Å². The van der Waals surface area contributed by atoms with E-state index >= 15 is 0 Å². The highest BCUT2D eigenvalue weighted by molar-refractivity contribution is 7.16. The van der Waals surface area contributed by atoms with Crippen molar-refractivity contribution in [2.45, 2.75) is 6.92 Å². The molecule has 3 N–H and O–H groups in total. The summed E-state index contributed by atoms with van der Waals surface area (Å²) in [4.78, 5) is 30.5. The molecule has 0 aliphatic heterocycles. The molecule has 1 aromatic carbocycles. The summed E-state index contributed by atoms with van der Waals surface area (Å²) in [7, 11) is 0. The molecule has 0 bridgehead atoms. The molecular formula is C16H13N5O3S2. The predicted molar refractivity (Wildman–Crippen MR) is 101 cm³/mol. The van der Waals surface area contributed by atoms with Crippen molar-refractivity contribution in [3.63, 3.8) is 0 Å². The third-order valence-electron chi connectivity index (χ3n) is 2.98. The maximum Gasteiger partial charge on any atom is 0.266 e. The van der Waals surface area contributed by atoms with Crippen LogP contribution >= 0.6 is 22.7 Å². The van der Waals surface area contributed by atoms with Gasteiger partial charge in [0.15, 0.2) is 5.13 Å². The first-order chi connectivity index (χ1) is 12.5. The fourth-order valence-corrected chi connectivity index (χ4v) is 3.59. The zero-order valence-corrected chi connectivity index (χ0v) is 15.1. The number of nitrogens with zero attached hydrogens (tertiary/aromatic N) is 3. The first kappa shape index (κ1) is 17.7. The van der Waals surface area contributed by atoms with E-state index in [2.05, 4.69) is 25.5 Å². The molecule has 2 aromatic heterocycles. The van der Waals surface area contributed by atoms with Gasteiger partial charge in [-0.15, -0.1) is 16.5 Å². The highest BCUT2D eigenvalue weighted by atomic mass is 32.1. The number of phenolic OH excluding ortho intramolecular Hbond substituents is 1. The molecule has 3 aromatic rings. The first-order valence-electron chi connectivity index (χ1n) is 7.34. The lowest BCUT2D eigenvalue weighted by Crippen LogP contribution is -2.19. The second-order valence-corrected chi connectivity index (χ2v) is 7.16. The summed E-state index contributed by atoms with van der Waals surface area (Å²) < 4.78 is 0.999. The van der Waals surface area contributed by atoms with Gasteiger partial charge in [0.25, 0.3) is 5.56 Å². The number of rotatable bonds is 4. The summed E-state index contributed by atoms with van der Waals surface area (Å²) >= 11 is 2.48. The Morgan fingerprint density at radius 1 is 1.35 bits per heavy atom. The fourth-order valence-electron chi connectivity index (χ4n) is 1.90. The highest BCUT2D eigenvalue weighted by Gasteiger charge is 2.02. The van der Waals surface area contributed by atoms with Gasteiger partial charge in [-0.3, -0.25) is 9.59 Å². The number of aromatic hydroxyl groups is 1. The van der Waals surface area contributed by atoms with E-state index in [1.54, 1.807) is 30.5 Å². The fraction of sp³-hybridized carbons (Fsp3) is 0.0625. The Kier molecular flexibility index (Phi) is 5.34. The third kappa shape index (κ3) is 4.49. The van der Waals surface area contributed by atoms with Crippen molar-refractivity contribution in [3.05, 3.63) is 54.9 Å². The van der Waals surface area contributed by atoms with E-state index in [9.17, 15) is 14.7 Å². The van der Waals surface area contributed by atoms with Crippen molar-refractivity contribution in [1.29, 1.82) is 0 Å². The largest absolute Gasteiger partial charge is 0.506 e. The standard InChI is InChI=1S/C16H13N5O3S2/c1-9(22)19-16-17-7-10(25-16)6-13-15(24)20-14(26-13)8-18-21-11-4-2-3-5-12(11)23/h2-8,23H,1H3,(H,20,24)(H,17,19,22). The number of hydrogen-bond acceptors (Lipinski definition) is 8. The van der Waals surface area contributed by atoms with Crippen LogP contribution in [0.4, 0.5) is 10.8 Å². The van der Waals surface area contributed by atoms with Crippen LogP contribution in [0.15, 0.2) is 45.5 Å². The van der Waals surface area contributed by atoms with Crippen molar-refractivity contribution < 1.29 is 9.90 Å². The highest BCUT2D eigenvalue weighted by Crippen LogP contribution is 2.25. The Morgan fingerprint density at radius 3 is 2.92 bits per heavy atom. The molecule has 0 saturated carbocycles. The first-order valence-corrected chi connectivity index (χ1v) is 8.98. The van der Waals surface area contributed by atoms with Gasteiger partial charge in [0.05, 0.1) is 15.6 Å². The summed E-state index contributed by atoms with van der Waals surface area (Å²) in [6.07, 6.45) is 4.67. The van der Waals surface area contributed by atoms with Crippen LogP contribution in [-0.2, 0) is 4.79 Å². The van der Waals surface area contributed by atoms with Gasteiger partial charge in [-0.25, -0.2) is 4.98 Å². The maximum absolute atomic E-state index is 12.0. The van der Waals surface area contributed by atoms with E-state index in [0.29, 0.717) is 20.0 Å². The van der Waals surface area contributed by atoms with Gasteiger partial charge in [-0.05, 0) is 18.2 Å². The molecule has 0 aliphatic rings. The molecule has 10 heteroatoms.